The molecule has 0 spiro atoms. The van der Waals surface area contributed by atoms with E-state index >= 15 is 0 Å². The van der Waals surface area contributed by atoms with Gasteiger partial charge < -0.3 is 4.57 Å². The van der Waals surface area contributed by atoms with E-state index in [2.05, 4.69) is 47.6 Å². The zero-order valence-corrected chi connectivity index (χ0v) is 17.3. The van der Waals surface area contributed by atoms with Crippen molar-refractivity contribution in [2.45, 2.75) is 63.0 Å². The molecule has 0 fully saturated rings. The first-order chi connectivity index (χ1) is 12.5. The molecule has 142 valence electrons. The number of carbonyl (C=O) groups excluding carboxylic acids is 1. The van der Waals surface area contributed by atoms with Crippen LogP contribution in [0.5, 0.6) is 0 Å². The Morgan fingerprint density at radius 2 is 1.88 bits per heavy atom. The molecule has 0 aliphatic rings. The zero-order valence-electron chi connectivity index (χ0n) is 16.5. The monoisotopic (exact) mass is 374 g/mol. The second kappa shape index (κ2) is 9.88. The number of ketones is 1. The van der Waals surface area contributed by atoms with E-state index in [1.807, 2.05) is 37.3 Å². The van der Waals surface area contributed by atoms with Crippen LogP contribution in [-0.2, 0) is 6.54 Å². The predicted octanol–water partition coefficient (Wildman–Crippen LogP) is 4.45. The molecule has 0 bridgehead atoms. The Kier molecular flexibility index (Phi) is 7.85. The minimum Gasteiger partial charge on any atom is -0.305 e. The van der Waals surface area contributed by atoms with E-state index in [9.17, 15) is 4.79 Å². The lowest BCUT2D eigenvalue weighted by Gasteiger charge is -2.23. The van der Waals surface area contributed by atoms with E-state index in [4.69, 9.17) is 0 Å². The van der Waals surface area contributed by atoms with Gasteiger partial charge in [0.25, 0.3) is 0 Å². The summed E-state index contributed by atoms with van der Waals surface area (Å²) in [4.78, 5) is 14.9. The molecule has 0 radical (unpaired) electrons. The lowest BCUT2D eigenvalue weighted by molar-refractivity contribution is 0.0994. The third kappa shape index (κ3) is 4.95. The minimum atomic E-state index is -0.200. The number of thioether (sulfide) groups is 1. The van der Waals surface area contributed by atoms with Crippen LogP contribution in [0.2, 0.25) is 0 Å². The van der Waals surface area contributed by atoms with Crippen molar-refractivity contribution >= 4 is 17.5 Å². The molecule has 2 atom stereocenters. The van der Waals surface area contributed by atoms with Crippen molar-refractivity contribution in [3.05, 3.63) is 41.7 Å². The molecule has 6 heteroatoms. The molecule has 0 aliphatic heterocycles. The Morgan fingerprint density at radius 3 is 2.46 bits per heavy atom. The third-order valence-corrected chi connectivity index (χ3v) is 5.58. The Labute approximate surface area is 161 Å². The number of nitrogens with zero attached hydrogens (tertiary/aromatic N) is 4. The number of rotatable bonds is 10. The van der Waals surface area contributed by atoms with Crippen molar-refractivity contribution < 1.29 is 4.79 Å². The molecular weight excluding hydrogens is 344 g/mol. The number of aromatic nitrogens is 3. The van der Waals surface area contributed by atoms with Gasteiger partial charge in [-0.3, -0.25) is 9.69 Å². The van der Waals surface area contributed by atoms with Gasteiger partial charge in [-0.05, 0) is 33.9 Å². The fourth-order valence-corrected chi connectivity index (χ4v) is 3.95. The highest BCUT2D eigenvalue weighted by atomic mass is 32.2. The van der Waals surface area contributed by atoms with E-state index in [0.717, 1.165) is 42.4 Å². The molecule has 2 aromatic rings. The highest BCUT2D eigenvalue weighted by Crippen LogP contribution is 2.29. The Bertz CT molecular complexity index is 699. The van der Waals surface area contributed by atoms with Crippen LogP contribution >= 0.6 is 11.8 Å². The summed E-state index contributed by atoms with van der Waals surface area (Å²) in [6, 6.07) is 9.69. The van der Waals surface area contributed by atoms with Crippen molar-refractivity contribution in [2.24, 2.45) is 0 Å². The van der Waals surface area contributed by atoms with Crippen molar-refractivity contribution in [1.82, 2.24) is 19.7 Å². The molecule has 26 heavy (non-hydrogen) atoms. The topological polar surface area (TPSA) is 51.0 Å². The van der Waals surface area contributed by atoms with Crippen LogP contribution in [0.3, 0.4) is 0 Å². The maximum Gasteiger partial charge on any atom is 0.191 e. The highest BCUT2D eigenvalue weighted by molar-refractivity contribution is 8.00. The van der Waals surface area contributed by atoms with Gasteiger partial charge in [-0.1, -0.05) is 62.4 Å². The summed E-state index contributed by atoms with van der Waals surface area (Å²) in [5, 5.41) is 9.56. The molecule has 0 aliphatic carbocycles. The maximum absolute atomic E-state index is 12.7. The lowest BCUT2D eigenvalue weighted by atomic mass is 10.1. The van der Waals surface area contributed by atoms with Gasteiger partial charge in [0.15, 0.2) is 16.8 Å². The standard InChI is InChI=1S/C20H30N4OS/c1-6-8-14-24-19(17(7-2)23(4)5)21-22-20(24)26-15(3)18(25)16-12-10-9-11-13-16/h9-13,15,17H,6-8,14H2,1-5H3. The fourth-order valence-electron chi connectivity index (χ4n) is 2.99. The van der Waals surface area contributed by atoms with Gasteiger partial charge >= 0.3 is 0 Å². The van der Waals surface area contributed by atoms with Crippen molar-refractivity contribution in [3.8, 4) is 0 Å². The summed E-state index contributed by atoms with van der Waals surface area (Å²) in [7, 11) is 4.14. The second-order valence-corrected chi connectivity index (χ2v) is 8.03. The number of hydrogen-bond acceptors (Lipinski definition) is 5. The Balaban J connectivity index is 2.25. The summed E-state index contributed by atoms with van der Waals surface area (Å²) in [6.07, 6.45) is 3.16. The Hall–Kier alpha value is -1.66. The molecule has 0 saturated heterocycles. The van der Waals surface area contributed by atoms with E-state index in [0.29, 0.717) is 0 Å². The van der Waals surface area contributed by atoms with Crippen LogP contribution in [0, 0.1) is 0 Å². The first-order valence-electron chi connectivity index (χ1n) is 9.35. The van der Waals surface area contributed by atoms with Crippen LogP contribution in [0.25, 0.3) is 0 Å². The largest absolute Gasteiger partial charge is 0.305 e. The molecule has 1 heterocycles. The van der Waals surface area contributed by atoms with Gasteiger partial charge in [0.2, 0.25) is 0 Å². The van der Waals surface area contributed by atoms with Crippen LogP contribution in [0.1, 0.15) is 62.3 Å². The molecule has 2 unspecified atom stereocenters. The van der Waals surface area contributed by atoms with Gasteiger partial charge in [0, 0.05) is 12.1 Å². The summed E-state index contributed by atoms with van der Waals surface area (Å²) >= 11 is 1.51. The third-order valence-electron chi connectivity index (χ3n) is 4.50. The summed E-state index contributed by atoms with van der Waals surface area (Å²) in [5.74, 6) is 1.12. The van der Waals surface area contributed by atoms with Gasteiger partial charge in [0.05, 0.1) is 11.3 Å². The normalized spacial score (nSPS) is 13.8. The smallest absolute Gasteiger partial charge is 0.191 e. The molecule has 0 saturated carbocycles. The number of carbonyl (C=O) groups is 1. The van der Waals surface area contributed by atoms with Crippen molar-refractivity contribution in [1.29, 1.82) is 0 Å². The molecule has 1 aromatic carbocycles. The van der Waals surface area contributed by atoms with Gasteiger partial charge in [-0.2, -0.15) is 0 Å². The summed E-state index contributed by atoms with van der Waals surface area (Å²) < 4.78 is 2.21. The number of unbranched alkanes of at least 4 members (excludes halogenated alkanes) is 1. The van der Waals surface area contributed by atoms with E-state index in [1.54, 1.807) is 0 Å². The van der Waals surface area contributed by atoms with Gasteiger partial charge in [-0.15, -0.1) is 10.2 Å². The Morgan fingerprint density at radius 1 is 1.19 bits per heavy atom. The van der Waals surface area contributed by atoms with E-state index in [-0.39, 0.29) is 17.1 Å². The molecular formula is C20H30N4OS. The molecule has 5 nitrogen and oxygen atoms in total. The van der Waals surface area contributed by atoms with Crippen LogP contribution < -0.4 is 0 Å². The van der Waals surface area contributed by atoms with Crippen LogP contribution in [0.4, 0.5) is 0 Å². The molecule has 0 amide bonds. The van der Waals surface area contributed by atoms with Crippen molar-refractivity contribution in [3.63, 3.8) is 0 Å². The molecule has 2 rings (SSSR count). The fraction of sp³-hybridized carbons (Fsp3) is 0.550. The average molecular weight is 375 g/mol. The lowest BCUT2D eigenvalue weighted by Crippen LogP contribution is -2.23. The quantitative estimate of drug-likeness (QED) is 0.454. The first-order valence-corrected chi connectivity index (χ1v) is 10.2. The maximum atomic E-state index is 12.7. The van der Waals surface area contributed by atoms with E-state index < -0.39 is 0 Å². The number of Topliss-reactive ketones (excluding diaryl/α,β-unsaturated/α-hetero) is 1. The van der Waals surface area contributed by atoms with Gasteiger partial charge in [0.1, 0.15) is 0 Å². The summed E-state index contributed by atoms with van der Waals surface area (Å²) in [6.45, 7) is 7.18. The van der Waals surface area contributed by atoms with Crippen molar-refractivity contribution in [2.75, 3.05) is 14.1 Å². The SMILES string of the molecule is CCCCn1c(SC(C)C(=O)c2ccccc2)nnc1C(CC)N(C)C. The molecule has 1 aromatic heterocycles. The van der Waals surface area contributed by atoms with Crippen LogP contribution in [-0.4, -0.2) is 44.8 Å². The van der Waals surface area contributed by atoms with Gasteiger partial charge in [-0.25, -0.2) is 0 Å². The zero-order chi connectivity index (χ0) is 19.1. The van der Waals surface area contributed by atoms with E-state index in [1.165, 1.54) is 11.8 Å². The predicted molar refractivity (Wildman–Crippen MR) is 108 cm³/mol. The average Bonchev–Trinajstić information content (AvgIpc) is 3.02. The molecule has 0 N–H and O–H groups in total. The first kappa shape index (κ1) is 20.6. The number of hydrogen-bond donors (Lipinski definition) is 0. The minimum absolute atomic E-state index is 0.127. The highest BCUT2D eigenvalue weighted by Gasteiger charge is 2.24. The summed E-state index contributed by atoms with van der Waals surface area (Å²) in [5.41, 5.74) is 0.743. The van der Waals surface area contributed by atoms with Crippen LogP contribution in [0.15, 0.2) is 35.5 Å². The second-order valence-electron chi connectivity index (χ2n) is 6.72. The number of benzene rings is 1.